The largest absolute Gasteiger partial charge is 0.385 e. The summed E-state index contributed by atoms with van der Waals surface area (Å²) in [6.07, 6.45) is 4.02. The lowest BCUT2D eigenvalue weighted by Gasteiger charge is -2.06. The molecule has 0 atom stereocenters. The first-order valence-electron chi connectivity index (χ1n) is 5.11. The zero-order valence-corrected chi connectivity index (χ0v) is 8.84. The average molecular weight is 194 g/mol. The maximum atomic E-state index is 10.9. The molecule has 1 rings (SSSR count). The van der Waals surface area contributed by atoms with E-state index < -0.39 is 0 Å². The van der Waals surface area contributed by atoms with Crippen molar-refractivity contribution in [3.05, 3.63) is 28.7 Å². The van der Waals surface area contributed by atoms with Gasteiger partial charge in [-0.3, -0.25) is 4.79 Å². The molecule has 3 heteroatoms. The minimum absolute atomic E-state index is 0.0566. The third-order valence-electron chi connectivity index (χ3n) is 2.06. The van der Waals surface area contributed by atoms with Gasteiger partial charge in [-0.25, -0.2) is 0 Å². The number of aromatic amines is 1. The summed E-state index contributed by atoms with van der Waals surface area (Å²) < 4.78 is 0. The van der Waals surface area contributed by atoms with Crippen LogP contribution < -0.4 is 10.9 Å². The average Bonchev–Trinajstić information content (AvgIpc) is 2.12. The van der Waals surface area contributed by atoms with E-state index in [9.17, 15) is 4.79 Å². The third-order valence-corrected chi connectivity index (χ3v) is 2.06. The van der Waals surface area contributed by atoms with Gasteiger partial charge in [0.05, 0.1) is 0 Å². The Morgan fingerprint density at radius 1 is 1.50 bits per heavy atom. The summed E-state index contributed by atoms with van der Waals surface area (Å²) in [7, 11) is 0. The van der Waals surface area contributed by atoms with E-state index in [1.54, 1.807) is 12.3 Å². The zero-order chi connectivity index (χ0) is 10.4. The molecule has 1 aromatic heterocycles. The number of hydrogen-bond acceptors (Lipinski definition) is 2. The molecule has 0 saturated carbocycles. The lowest BCUT2D eigenvalue weighted by molar-refractivity contribution is 0.567. The molecule has 0 saturated heterocycles. The van der Waals surface area contributed by atoms with Crippen molar-refractivity contribution < 1.29 is 0 Å². The Kier molecular flexibility index (Phi) is 4.23. The number of pyridine rings is 1. The Balaban J connectivity index is 2.28. The highest BCUT2D eigenvalue weighted by Gasteiger charge is 1.94. The Morgan fingerprint density at radius 2 is 2.29 bits per heavy atom. The molecule has 0 radical (unpaired) electrons. The Labute approximate surface area is 84.6 Å². The second kappa shape index (κ2) is 5.47. The maximum absolute atomic E-state index is 10.9. The standard InChI is InChI=1S/C11H18N2O/c1-9(2)4-3-6-12-10-5-7-13-11(14)8-10/h5,7-9H,3-4,6H2,1-2H3,(H2,12,13,14). The van der Waals surface area contributed by atoms with Crippen molar-refractivity contribution in [2.24, 2.45) is 5.92 Å². The summed E-state index contributed by atoms with van der Waals surface area (Å²) in [5.41, 5.74) is 0.844. The molecule has 0 aromatic carbocycles. The topological polar surface area (TPSA) is 44.9 Å². The highest BCUT2D eigenvalue weighted by Crippen LogP contribution is 2.05. The molecular weight excluding hydrogens is 176 g/mol. The van der Waals surface area contributed by atoms with Gasteiger partial charge in [-0.15, -0.1) is 0 Å². The molecular formula is C11H18N2O. The quantitative estimate of drug-likeness (QED) is 0.706. The van der Waals surface area contributed by atoms with Crippen molar-refractivity contribution >= 4 is 5.69 Å². The van der Waals surface area contributed by atoms with Crippen molar-refractivity contribution in [2.75, 3.05) is 11.9 Å². The van der Waals surface area contributed by atoms with Crippen LogP contribution in [0.2, 0.25) is 0 Å². The van der Waals surface area contributed by atoms with Gasteiger partial charge in [0.1, 0.15) is 0 Å². The van der Waals surface area contributed by atoms with Crippen LogP contribution in [0.15, 0.2) is 23.1 Å². The SMILES string of the molecule is CC(C)CCCNc1cc[nH]c(=O)c1. The molecule has 14 heavy (non-hydrogen) atoms. The zero-order valence-electron chi connectivity index (χ0n) is 8.84. The molecule has 3 nitrogen and oxygen atoms in total. The molecule has 0 spiro atoms. The predicted molar refractivity (Wildman–Crippen MR) is 59.6 cm³/mol. The molecule has 2 N–H and O–H groups in total. The van der Waals surface area contributed by atoms with Gasteiger partial charge in [-0.05, 0) is 24.8 Å². The van der Waals surface area contributed by atoms with E-state index in [-0.39, 0.29) is 5.56 Å². The normalized spacial score (nSPS) is 10.5. The monoisotopic (exact) mass is 194 g/mol. The summed E-state index contributed by atoms with van der Waals surface area (Å²) in [4.78, 5) is 13.5. The van der Waals surface area contributed by atoms with Gasteiger partial charge < -0.3 is 10.3 Å². The summed E-state index contributed by atoms with van der Waals surface area (Å²) in [6, 6.07) is 3.45. The van der Waals surface area contributed by atoms with E-state index in [2.05, 4.69) is 24.1 Å². The van der Waals surface area contributed by atoms with Crippen molar-refractivity contribution in [3.63, 3.8) is 0 Å². The Morgan fingerprint density at radius 3 is 2.93 bits per heavy atom. The first-order valence-corrected chi connectivity index (χ1v) is 5.11. The highest BCUT2D eigenvalue weighted by molar-refractivity contribution is 5.40. The summed E-state index contributed by atoms with van der Waals surface area (Å²) in [6.45, 7) is 5.36. The molecule has 0 unspecified atom stereocenters. The van der Waals surface area contributed by atoms with Gasteiger partial charge >= 0.3 is 0 Å². The molecule has 0 fully saturated rings. The number of nitrogens with one attached hydrogen (secondary N) is 2. The van der Waals surface area contributed by atoms with Gasteiger partial charge in [0.2, 0.25) is 5.56 Å². The second-order valence-corrected chi connectivity index (χ2v) is 3.90. The first-order chi connectivity index (χ1) is 6.68. The molecule has 1 aromatic rings. The fourth-order valence-electron chi connectivity index (χ4n) is 1.30. The predicted octanol–water partition coefficient (Wildman–Crippen LogP) is 2.22. The lowest BCUT2D eigenvalue weighted by Crippen LogP contribution is -2.08. The maximum Gasteiger partial charge on any atom is 0.249 e. The molecule has 0 aliphatic carbocycles. The van der Waals surface area contributed by atoms with Crippen LogP contribution in [0.3, 0.4) is 0 Å². The minimum atomic E-state index is -0.0566. The van der Waals surface area contributed by atoms with E-state index in [0.717, 1.165) is 24.6 Å². The van der Waals surface area contributed by atoms with Crippen molar-refractivity contribution in [1.82, 2.24) is 4.98 Å². The fourth-order valence-corrected chi connectivity index (χ4v) is 1.30. The second-order valence-electron chi connectivity index (χ2n) is 3.90. The Hall–Kier alpha value is -1.25. The van der Waals surface area contributed by atoms with E-state index in [4.69, 9.17) is 0 Å². The third kappa shape index (κ3) is 4.12. The molecule has 0 aliphatic heterocycles. The smallest absolute Gasteiger partial charge is 0.249 e. The van der Waals surface area contributed by atoms with Crippen molar-refractivity contribution in [3.8, 4) is 0 Å². The number of hydrogen-bond donors (Lipinski definition) is 2. The van der Waals surface area contributed by atoms with E-state index in [1.165, 1.54) is 6.42 Å². The first kappa shape index (κ1) is 10.8. The molecule has 0 amide bonds. The molecule has 0 aliphatic rings. The molecule has 78 valence electrons. The van der Waals surface area contributed by atoms with Crippen LogP contribution in [0.1, 0.15) is 26.7 Å². The van der Waals surface area contributed by atoms with Crippen LogP contribution in [0.4, 0.5) is 5.69 Å². The van der Waals surface area contributed by atoms with Gasteiger partial charge in [0, 0.05) is 24.5 Å². The van der Waals surface area contributed by atoms with Crippen LogP contribution >= 0.6 is 0 Å². The van der Waals surface area contributed by atoms with E-state index >= 15 is 0 Å². The minimum Gasteiger partial charge on any atom is -0.385 e. The number of rotatable bonds is 5. The van der Waals surface area contributed by atoms with E-state index in [0.29, 0.717) is 0 Å². The van der Waals surface area contributed by atoms with Crippen molar-refractivity contribution in [2.45, 2.75) is 26.7 Å². The van der Waals surface area contributed by atoms with Gasteiger partial charge in [-0.1, -0.05) is 13.8 Å². The molecule has 1 heterocycles. The fraction of sp³-hybridized carbons (Fsp3) is 0.545. The van der Waals surface area contributed by atoms with E-state index in [1.807, 2.05) is 6.07 Å². The van der Waals surface area contributed by atoms with Crippen LogP contribution in [-0.2, 0) is 0 Å². The summed E-state index contributed by atoms with van der Waals surface area (Å²) in [5.74, 6) is 0.746. The number of H-pyrrole nitrogens is 1. The number of anilines is 1. The summed E-state index contributed by atoms with van der Waals surface area (Å²) in [5, 5.41) is 3.22. The highest BCUT2D eigenvalue weighted by atomic mass is 16.1. The van der Waals surface area contributed by atoms with Crippen LogP contribution in [-0.4, -0.2) is 11.5 Å². The van der Waals surface area contributed by atoms with Crippen LogP contribution in [0, 0.1) is 5.92 Å². The van der Waals surface area contributed by atoms with Crippen LogP contribution in [0.25, 0.3) is 0 Å². The Bertz CT molecular complexity index is 317. The number of aromatic nitrogens is 1. The van der Waals surface area contributed by atoms with Crippen molar-refractivity contribution in [1.29, 1.82) is 0 Å². The summed E-state index contributed by atoms with van der Waals surface area (Å²) >= 11 is 0. The van der Waals surface area contributed by atoms with Crippen LogP contribution in [0.5, 0.6) is 0 Å². The van der Waals surface area contributed by atoms with Gasteiger partial charge in [0.15, 0.2) is 0 Å². The van der Waals surface area contributed by atoms with Gasteiger partial charge in [0.25, 0.3) is 0 Å². The van der Waals surface area contributed by atoms with Gasteiger partial charge in [-0.2, -0.15) is 0 Å². The lowest BCUT2D eigenvalue weighted by atomic mass is 10.1. The molecule has 0 bridgehead atoms.